The summed E-state index contributed by atoms with van der Waals surface area (Å²) in [6.07, 6.45) is 1.68. The highest BCUT2D eigenvalue weighted by Crippen LogP contribution is 2.05. The average Bonchev–Trinajstić information content (AvgIpc) is 2.02. The maximum atomic E-state index is 8.43. The first kappa shape index (κ1) is 12.4. The van der Waals surface area contributed by atoms with Crippen molar-refractivity contribution in [3.8, 4) is 6.07 Å². The molecule has 0 aliphatic rings. The summed E-state index contributed by atoms with van der Waals surface area (Å²) in [5.41, 5.74) is 0. The fraction of sp³-hybridized carbons (Fsp3) is 0.909. The molecule has 0 heterocycles. The second-order valence-corrected chi connectivity index (χ2v) is 4.24. The molecular weight excluding hydrogens is 160 g/mol. The van der Waals surface area contributed by atoms with Gasteiger partial charge in [0.05, 0.1) is 6.07 Å². The van der Waals surface area contributed by atoms with Crippen molar-refractivity contribution in [1.29, 1.82) is 5.26 Å². The summed E-state index contributed by atoms with van der Waals surface area (Å²) in [7, 11) is 0. The Morgan fingerprint density at radius 3 is 2.23 bits per heavy atom. The van der Waals surface area contributed by atoms with Gasteiger partial charge >= 0.3 is 0 Å². The van der Waals surface area contributed by atoms with Crippen molar-refractivity contribution in [1.82, 2.24) is 4.90 Å². The topological polar surface area (TPSA) is 27.0 Å². The van der Waals surface area contributed by atoms with Crippen LogP contribution in [0.25, 0.3) is 0 Å². The lowest BCUT2D eigenvalue weighted by Crippen LogP contribution is -2.34. The number of nitriles is 1. The molecule has 0 saturated carbocycles. The van der Waals surface area contributed by atoms with Crippen LogP contribution in [-0.4, -0.2) is 24.0 Å². The second-order valence-electron chi connectivity index (χ2n) is 4.24. The molecule has 0 aliphatic carbocycles. The van der Waals surface area contributed by atoms with Gasteiger partial charge in [0.2, 0.25) is 0 Å². The predicted octanol–water partition coefficient (Wildman–Crippen LogP) is 2.66. The van der Waals surface area contributed by atoms with Crippen LogP contribution in [0.5, 0.6) is 0 Å². The van der Waals surface area contributed by atoms with E-state index in [4.69, 9.17) is 5.26 Å². The highest BCUT2D eigenvalue weighted by molar-refractivity contribution is 4.71. The quantitative estimate of drug-likeness (QED) is 0.590. The van der Waals surface area contributed by atoms with Gasteiger partial charge < -0.3 is 4.90 Å². The minimum absolute atomic E-state index is 0.598. The summed E-state index contributed by atoms with van der Waals surface area (Å²) in [5.74, 6) is 0.712. The first-order valence-corrected chi connectivity index (χ1v) is 5.19. The Balaban J connectivity index is 3.75. The third kappa shape index (κ3) is 6.60. The fourth-order valence-electron chi connectivity index (χ4n) is 1.39. The van der Waals surface area contributed by atoms with E-state index in [9.17, 15) is 0 Å². The van der Waals surface area contributed by atoms with E-state index in [1.807, 2.05) is 0 Å². The molecule has 2 heteroatoms. The standard InChI is InChI=1S/C11H22N2/c1-10(2)9-13(11(3)4)8-6-5-7-12/h10-11H,5-6,8-9H2,1-4H3. The van der Waals surface area contributed by atoms with Crippen molar-refractivity contribution in [2.45, 2.75) is 46.6 Å². The largest absolute Gasteiger partial charge is 0.301 e. The number of unbranched alkanes of at least 4 members (excludes halogenated alkanes) is 1. The molecular formula is C11H22N2. The zero-order valence-corrected chi connectivity index (χ0v) is 9.38. The Bertz CT molecular complexity index is 156. The van der Waals surface area contributed by atoms with Crippen LogP contribution in [-0.2, 0) is 0 Å². The van der Waals surface area contributed by atoms with Crippen LogP contribution in [0.15, 0.2) is 0 Å². The van der Waals surface area contributed by atoms with Crippen LogP contribution >= 0.6 is 0 Å². The van der Waals surface area contributed by atoms with Crippen LogP contribution in [0.2, 0.25) is 0 Å². The van der Waals surface area contributed by atoms with E-state index in [1.165, 1.54) is 0 Å². The van der Waals surface area contributed by atoms with Crippen LogP contribution in [0.3, 0.4) is 0 Å². The zero-order chi connectivity index (χ0) is 10.3. The summed E-state index contributed by atoms with van der Waals surface area (Å²) in [5, 5.41) is 8.43. The van der Waals surface area contributed by atoms with E-state index in [0.29, 0.717) is 18.4 Å². The van der Waals surface area contributed by atoms with Crippen LogP contribution in [0, 0.1) is 17.2 Å². The van der Waals surface area contributed by atoms with E-state index in [-0.39, 0.29) is 0 Å². The molecule has 0 fully saturated rings. The lowest BCUT2D eigenvalue weighted by atomic mass is 10.1. The van der Waals surface area contributed by atoms with Gasteiger partial charge in [-0.15, -0.1) is 0 Å². The van der Waals surface area contributed by atoms with Crippen molar-refractivity contribution in [3.63, 3.8) is 0 Å². The summed E-state index contributed by atoms with van der Waals surface area (Å²) < 4.78 is 0. The molecule has 0 aromatic heterocycles. The lowest BCUT2D eigenvalue weighted by Gasteiger charge is -2.27. The Kier molecular flexibility index (Phi) is 6.62. The number of rotatable bonds is 6. The molecule has 0 bridgehead atoms. The number of hydrogen-bond acceptors (Lipinski definition) is 2. The van der Waals surface area contributed by atoms with Crippen molar-refractivity contribution in [2.24, 2.45) is 5.92 Å². The van der Waals surface area contributed by atoms with Gasteiger partial charge in [-0.05, 0) is 32.7 Å². The Morgan fingerprint density at radius 1 is 1.23 bits per heavy atom. The summed E-state index contributed by atoms with van der Waals surface area (Å²) in [6, 6.07) is 2.79. The summed E-state index contributed by atoms with van der Waals surface area (Å²) >= 11 is 0. The molecule has 0 radical (unpaired) electrons. The smallest absolute Gasteiger partial charge is 0.0622 e. The van der Waals surface area contributed by atoms with Gasteiger partial charge in [-0.2, -0.15) is 5.26 Å². The molecule has 2 nitrogen and oxygen atoms in total. The molecule has 0 spiro atoms. The van der Waals surface area contributed by atoms with E-state index in [2.05, 4.69) is 38.7 Å². The highest BCUT2D eigenvalue weighted by atomic mass is 15.1. The minimum atomic E-state index is 0.598. The molecule has 0 aliphatic heterocycles. The first-order valence-electron chi connectivity index (χ1n) is 5.19. The van der Waals surface area contributed by atoms with Gasteiger partial charge in [0.1, 0.15) is 0 Å². The molecule has 0 aromatic carbocycles. The van der Waals surface area contributed by atoms with Gasteiger partial charge in [-0.3, -0.25) is 0 Å². The van der Waals surface area contributed by atoms with Crippen molar-refractivity contribution < 1.29 is 0 Å². The van der Waals surface area contributed by atoms with E-state index in [0.717, 1.165) is 19.5 Å². The summed E-state index contributed by atoms with van der Waals surface area (Å²) in [6.45, 7) is 11.1. The molecule has 0 N–H and O–H groups in total. The zero-order valence-electron chi connectivity index (χ0n) is 9.38. The monoisotopic (exact) mass is 182 g/mol. The normalized spacial score (nSPS) is 11.2. The SMILES string of the molecule is CC(C)CN(CCCC#N)C(C)C. The minimum Gasteiger partial charge on any atom is -0.301 e. The van der Waals surface area contributed by atoms with Gasteiger partial charge in [0, 0.05) is 19.0 Å². The molecule has 13 heavy (non-hydrogen) atoms. The second kappa shape index (κ2) is 6.91. The highest BCUT2D eigenvalue weighted by Gasteiger charge is 2.09. The van der Waals surface area contributed by atoms with Gasteiger partial charge in [0.15, 0.2) is 0 Å². The fourth-order valence-corrected chi connectivity index (χ4v) is 1.39. The van der Waals surface area contributed by atoms with E-state index >= 15 is 0 Å². The van der Waals surface area contributed by atoms with Gasteiger partial charge in [0.25, 0.3) is 0 Å². The molecule has 0 unspecified atom stereocenters. The molecule has 0 saturated heterocycles. The average molecular weight is 182 g/mol. The maximum absolute atomic E-state index is 8.43. The molecule has 0 aromatic rings. The Hall–Kier alpha value is -0.550. The maximum Gasteiger partial charge on any atom is 0.0622 e. The number of hydrogen-bond donors (Lipinski definition) is 0. The summed E-state index contributed by atoms with van der Waals surface area (Å²) in [4.78, 5) is 2.45. The van der Waals surface area contributed by atoms with Crippen molar-refractivity contribution >= 4 is 0 Å². The van der Waals surface area contributed by atoms with E-state index < -0.39 is 0 Å². The van der Waals surface area contributed by atoms with Crippen LogP contribution < -0.4 is 0 Å². The Morgan fingerprint density at radius 2 is 1.85 bits per heavy atom. The lowest BCUT2D eigenvalue weighted by molar-refractivity contribution is 0.196. The first-order chi connectivity index (χ1) is 6.07. The van der Waals surface area contributed by atoms with Crippen molar-refractivity contribution in [2.75, 3.05) is 13.1 Å². The van der Waals surface area contributed by atoms with Gasteiger partial charge in [-0.1, -0.05) is 13.8 Å². The predicted molar refractivity (Wildman–Crippen MR) is 56.4 cm³/mol. The molecule has 0 rings (SSSR count). The third-order valence-electron chi connectivity index (χ3n) is 2.06. The Labute approximate surface area is 82.5 Å². The van der Waals surface area contributed by atoms with Crippen molar-refractivity contribution in [3.05, 3.63) is 0 Å². The van der Waals surface area contributed by atoms with E-state index in [1.54, 1.807) is 0 Å². The van der Waals surface area contributed by atoms with Crippen LogP contribution in [0.4, 0.5) is 0 Å². The molecule has 0 amide bonds. The number of nitrogens with zero attached hydrogens (tertiary/aromatic N) is 2. The van der Waals surface area contributed by atoms with Crippen LogP contribution in [0.1, 0.15) is 40.5 Å². The van der Waals surface area contributed by atoms with Gasteiger partial charge in [-0.25, -0.2) is 0 Å². The molecule has 76 valence electrons. The molecule has 0 atom stereocenters. The third-order valence-corrected chi connectivity index (χ3v) is 2.06.